The van der Waals surface area contributed by atoms with Crippen LogP contribution in [0.15, 0.2) is 17.7 Å². The molecule has 3 heteroatoms. The zero-order valence-corrected chi connectivity index (χ0v) is 5.70. The van der Waals surface area contributed by atoms with Crippen molar-refractivity contribution >= 4 is 0 Å². The van der Waals surface area contributed by atoms with Gasteiger partial charge in [-0.1, -0.05) is 13.8 Å². The first-order chi connectivity index (χ1) is 4.31. The summed E-state index contributed by atoms with van der Waals surface area (Å²) >= 11 is 0. The maximum Gasteiger partial charge on any atom is 0.160 e. The van der Waals surface area contributed by atoms with Crippen LogP contribution in [0.1, 0.15) is 20.3 Å². The van der Waals surface area contributed by atoms with Crippen molar-refractivity contribution < 1.29 is 4.84 Å². The molecule has 52 valence electrons. The quantitative estimate of drug-likeness (QED) is 0.331. The van der Waals surface area contributed by atoms with Crippen LogP contribution in [-0.2, 0) is 4.84 Å². The molecular formula is C6H11NO2. The highest BCUT2D eigenvalue weighted by atomic mass is 16.7. The van der Waals surface area contributed by atoms with E-state index >= 15 is 0 Å². The average Bonchev–Trinajstić information content (AvgIpc) is 1.89. The van der Waals surface area contributed by atoms with E-state index in [0.717, 1.165) is 6.42 Å². The van der Waals surface area contributed by atoms with Gasteiger partial charge in [-0.15, -0.1) is 4.91 Å². The van der Waals surface area contributed by atoms with E-state index in [-0.39, 0.29) is 0 Å². The molecule has 0 aliphatic heterocycles. The highest BCUT2D eigenvalue weighted by Crippen LogP contribution is 2.01. The lowest BCUT2D eigenvalue weighted by Gasteiger charge is -1.95. The van der Waals surface area contributed by atoms with Gasteiger partial charge in [0.25, 0.3) is 0 Å². The number of nitrogens with zero attached hydrogens (tertiary/aromatic N) is 1. The van der Waals surface area contributed by atoms with Gasteiger partial charge in [0.2, 0.25) is 0 Å². The first kappa shape index (κ1) is 8.14. The molecule has 3 nitrogen and oxygen atoms in total. The summed E-state index contributed by atoms with van der Waals surface area (Å²) in [5, 5.41) is 2.21. The predicted octanol–water partition coefficient (Wildman–Crippen LogP) is 2.24. The third-order valence-corrected chi connectivity index (χ3v) is 1.15. The van der Waals surface area contributed by atoms with Crippen LogP contribution in [0, 0.1) is 10.8 Å². The molecule has 0 saturated carbocycles. The van der Waals surface area contributed by atoms with Gasteiger partial charge in [-0.05, 0) is 18.4 Å². The van der Waals surface area contributed by atoms with Crippen LogP contribution in [0.5, 0.6) is 0 Å². The number of allylic oxidation sites excluding steroid dienone is 1. The Morgan fingerprint density at radius 3 is 2.89 bits per heavy atom. The zero-order chi connectivity index (χ0) is 7.11. The predicted molar refractivity (Wildman–Crippen MR) is 35.5 cm³/mol. The summed E-state index contributed by atoms with van der Waals surface area (Å²) in [4.78, 5) is 13.4. The molecule has 9 heavy (non-hydrogen) atoms. The molecule has 0 aliphatic carbocycles. The van der Waals surface area contributed by atoms with Crippen molar-refractivity contribution in [2.45, 2.75) is 20.3 Å². The molecule has 0 radical (unpaired) electrons. The van der Waals surface area contributed by atoms with Gasteiger partial charge < -0.3 is 4.84 Å². The molecule has 0 aromatic rings. The van der Waals surface area contributed by atoms with E-state index in [1.807, 2.05) is 6.92 Å². The van der Waals surface area contributed by atoms with Gasteiger partial charge in [0.1, 0.15) is 6.26 Å². The number of hydrogen-bond donors (Lipinski definition) is 0. The summed E-state index contributed by atoms with van der Waals surface area (Å²) in [7, 11) is 0. The minimum atomic E-state index is 0.451. The lowest BCUT2D eigenvalue weighted by atomic mass is 10.1. The Bertz CT molecular complexity index is 101. The van der Waals surface area contributed by atoms with E-state index in [2.05, 4.69) is 17.1 Å². The number of rotatable bonds is 4. The Kier molecular flexibility index (Phi) is 4.78. The van der Waals surface area contributed by atoms with Gasteiger partial charge in [-0.25, -0.2) is 0 Å². The van der Waals surface area contributed by atoms with Gasteiger partial charge in [0, 0.05) is 0 Å². The SMILES string of the molecule is CCC(C)/C=C/ON=O. The van der Waals surface area contributed by atoms with Gasteiger partial charge in [0.05, 0.1) is 0 Å². The van der Waals surface area contributed by atoms with Crippen molar-refractivity contribution in [3.8, 4) is 0 Å². The maximum absolute atomic E-state index is 9.35. The summed E-state index contributed by atoms with van der Waals surface area (Å²) in [5.41, 5.74) is 0. The van der Waals surface area contributed by atoms with Gasteiger partial charge in [-0.3, -0.25) is 0 Å². The minimum absolute atomic E-state index is 0.451. The van der Waals surface area contributed by atoms with E-state index in [9.17, 15) is 4.91 Å². The molecule has 0 bridgehead atoms. The summed E-state index contributed by atoms with van der Waals surface area (Å²) in [6, 6.07) is 0. The molecule has 1 unspecified atom stereocenters. The Balaban J connectivity index is 3.31. The highest BCUT2D eigenvalue weighted by molar-refractivity contribution is 4.78. The average molecular weight is 129 g/mol. The van der Waals surface area contributed by atoms with Crippen LogP contribution >= 0.6 is 0 Å². The van der Waals surface area contributed by atoms with Crippen molar-refractivity contribution in [2.75, 3.05) is 0 Å². The van der Waals surface area contributed by atoms with Crippen LogP contribution in [0.2, 0.25) is 0 Å². The maximum atomic E-state index is 9.35. The smallest absolute Gasteiger partial charge is 0.160 e. The molecule has 0 aromatic carbocycles. The largest absolute Gasteiger partial charge is 0.332 e. The van der Waals surface area contributed by atoms with Gasteiger partial charge in [0.15, 0.2) is 5.34 Å². The highest BCUT2D eigenvalue weighted by Gasteiger charge is 1.88. The lowest BCUT2D eigenvalue weighted by molar-refractivity contribution is 0.259. The van der Waals surface area contributed by atoms with E-state index in [1.165, 1.54) is 6.26 Å². The molecule has 0 heterocycles. The summed E-state index contributed by atoms with van der Waals surface area (Å²) in [6.07, 6.45) is 4.14. The monoisotopic (exact) mass is 129 g/mol. The fraction of sp³-hybridized carbons (Fsp3) is 0.667. The topological polar surface area (TPSA) is 38.7 Å². The second-order valence-electron chi connectivity index (χ2n) is 1.89. The summed E-state index contributed by atoms with van der Waals surface area (Å²) in [5.74, 6) is 0.451. The van der Waals surface area contributed by atoms with Gasteiger partial charge in [-0.2, -0.15) is 0 Å². The zero-order valence-electron chi connectivity index (χ0n) is 5.70. The Labute approximate surface area is 54.6 Å². The molecule has 0 amide bonds. The first-order valence-corrected chi connectivity index (χ1v) is 2.96. The minimum Gasteiger partial charge on any atom is -0.332 e. The van der Waals surface area contributed by atoms with Crippen molar-refractivity contribution in [3.05, 3.63) is 17.2 Å². The molecule has 0 saturated heterocycles. The van der Waals surface area contributed by atoms with Crippen LogP contribution in [0.3, 0.4) is 0 Å². The standard InChI is InChI=1S/C6H11NO2/c1-3-6(2)4-5-9-7-8/h4-6H,3H2,1-2H3/b5-4+. The second kappa shape index (κ2) is 5.28. The summed E-state index contributed by atoms with van der Waals surface area (Å²) < 4.78 is 0. The van der Waals surface area contributed by atoms with E-state index in [0.29, 0.717) is 5.92 Å². The van der Waals surface area contributed by atoms with E-state index < -0.39 is 0 Å². The molecule has 1 atom stereocenters. The molecule has 0 rings (SSSR count). The van der Waals surface area contributed by atoms with Crippen LogP contribution in [0.25, 0.3) is 0 Å². The van der Waals surface area contributed by atoms with Crippen molar-refractivity contribution in [1.82, 2.24) is 0 Å². The normalized spacial score (nSPS) is 13.6. The molecule has 0 spiro atoms. The summed E-state index contributed by atoms with van der Waals surface area (Å²) in [6.45, 7) is 4.09. The molecule has 0 N–H and O–H groups in total. The van der Waals surface area contributed by atoms with Crippen molar-refractivity contribution in [1.29, 1.82) is 0 Å². The second-order valence-corrected chi connectivity index (χ2v) is 1.89. The van der Waals surface area contributed by atoms with Crippen LogP contribution in [0.4, 0.5) is 0 Å². The van der Waals surface area contributed by atoms with E-state index in [1.54, 1.807) is 6.08 Å². The Hall–Kier alpha value is -0.860. The fourth-order valence-electron chi connectivity index (χ4n) is 0.330. The van der Waals surface area contributed by atoms with Crippen molar-refractivity contribution in [3.63, 3.8) is 0 Å². The fourth-order valence-corrected chi connectivity index (χ4v) is 0.330. The van der Waals surface area contributed by atoms with Crippen LogP contribution < -0.4 is 0 Å². The van der Waals surface area contributed by atoms with Gasteiger partial charge >= 0.3 is 0 Å². The molecule has 0 aromatic heterocycles. The van der Waals surface area contributed by atoms with Crippen LogP contribution in [-0.4, -0.2) is 0 Å². The molecule has 0 fully saturated rings. The molecular weight excluding hydrogens is 118 g/mol. The Morgan fingerprint density at radius 2 is 2.44 bits per heavy atom. The third kappa shape index (κ3) is 5.00. The third-order valence-electron chi connectivity index (χ3n) is 1.15. The number of hydrogen-bond acceptors (Lipinski definition) is 3. The first-order valence-electron chi connectivity index (χ1n) is 2.96. The Morgan fingerprint density at radius 1 is 1.78 bits per heavy atom. The lowest BCUT2D eigenvalue weighted by Crippen LogP contribution is -1.83. The molecule has 0 aliphatic rings. The van der Waals surface area contributed by atoms with Crippen molar-refractivity contribution in [2.24, 2.45) is 11.3 Å². The van der Waals surface area contributed by atoms with E-state index in [4.69, 9.17) is 0 Å².